The van der Waals surface area contributed by atoms with Crippen molar-refractivity contribution < 1.29 is 14.0 Å². The van der Waals surface area contributed by atoms with E-state index in [1.165, 1.54) is 24.6 Å². The van der Waals surface area contributed by atoms with Gasteiger partial charge in [-0.2, -0.15) is 0 Å². The van der Waals surface area contributed by atoms with Crippen molar-refractivity contribution in [1.82, 2.24) is 14.8 Å². The van der Waals surface area contributed by atoms with Gasteiger partial charge in [0.25, 0.3) is 5.91 Å². The molecule has 2 amide bonds. The summed E-state index contributed by atoms with van der Waals surface area (Å²) in [5, 5.41) is 0. The zero-order chi connectivity index (χ0) is 23.4. The van der Waals surface area contributed by atoms with E-state index in [9.17, 15) is 9.59 Å². The second-order valence-electron chi connectivity index (χ2n) is 10.3. The van der Waals surface area contributed by atoms with E-state index in [0.29, 0.717) is 24.6 Å². The van der Waals surface area contributed by atoms with Crippen molar-refractivity contribution in [2.45, 2.75) is 64.7 Å². The maximum atomic E-state index is 12.9. The molecule has 2 aliphatic rings. The SMILES string of the molecule is CCC1CCN(C(=O)Cc2cccc(C(C)(C)C3CCCN(C(=O)c4cocn4)C3)c2)CC1. The van der Waals surface area contributed by atoms with E-state index < -0.39 is 0 Å². The Morgan fingerprint density at radius 3 is 2.61 bits per heavy atom. The van der Waals surface area contributed by atoms with Crippen LogP contribution in [0.3, 0.4) is 0 Å². The van der Waals surface area contributed by atoms with Gasteiger partial charge < -0.3 is 14.2 Å². The summed E-state index contributed by atoms with van der Waals surface area (Å²) in [5.74, 6) is 1.28. The van der Waals surface area contributed by atoms with Gasteiger partial charge in [-0.25, -0.2) is 4.98 Å². The number of carbonyl (C=O) groups excluding carboxylic acids is 2. The van der Waals surface area contributed by atoms with Gasteiger partial charge in [0.2, 0.25) is 5.91 Å². The van der Waals surface area contributed by atoms with Crippen LogP contribution in [0.1, 0.15) is 74.5 Å². The molecule has 0 aliphatic carbocycles. The van der Waals surface area contributed by atoms with Crippen LogP contribution < -0.4 is 0 Å². The van der Waals surface area contributed by atoms with Gasteiger partial charge in [0.1, 0.15) is 6.26 Å². The normalized spacial score (nSPS) is 20.2. The number of rotatable bonds is 6. The van der Waals surface area contributed by atoms with Crippen molar-refractivity contribution in [3.05, 3.63) is 53.7 Å². The summed E-state index contributed by atoms with van der Waals surface area (Å²) in [4.78, 5) is 33.7. The minimum atomic E-state index is -0.110. The second-order valence-corrected chi connectivity index (χ2v) is 10.3. The molecular formula is C27H37N3O3. The number of hydrogen-bond acceptors (Lipinski definition) is 4. The van der Waals surface area contributed by atoms with Crippen molar-refractivity contribution >= 4 is 11.8 Å². The quantitative estimate of drug-likeness (QED) is 0.639. The van der Waals surface area contributed by atoms with Crippen LogP contribution in [-0.2, 0) is 16.6 Å². The van der Waals surface area contributed by atoms with Crippen LogP contribution in [0.2, 0.25) is 0 Å². The molecule has 2 aromatic rings. The lowest BCUT2D eigenvalue weighted by Crippen LogP contribution is -2.46. The Balaban J connectivity index is 1.42. The van der Waals surface area contributed by atoms with Crippen LogP contribution in [0.4, 0.5) is 0 Å². The number of amides is 2. The molecule has 0 N–H and O–H groups in total. The highest BCUT2D eigenvalue weighted by Gasteiger charge is 2.36. The molecule has 3 heterocycles. The van der Waals surface area contributed by atoms with Gasteiger partial charge in [0.15, 0.2) is 12.1 Å². The van der Waals surface area contributed by atoms with Crippen LogP contribution in [0.15, 0.2) is 41.3 Å². The molecule has 0 radical (unpaired) electrons. The first-order valence-electron chi connectivity index (χ1n) is 12.4. The Morgan fingerprint density at radius 2 is 1.91 bits per heavy atom. The van der Waals surface area contributed by atoms with Gasteiger partial charge in [-0.15, -0.1) is 0 Å². The van der Waals surface area contributed by atoms with Crippen LogP contribution >= 0.6 is 0 Å². The van der Waals surface area contributed by atoms with Crippen LogP contribution in [0, 0.1) is 11.8 Å². The molecular weight excluding hydrogens is 414 g/mol. The topological polar surface area (TPSA) is 66.7 Å². The van der Waals surface area contributed by atoms with E-state index in [4.69, 9.17) is 4.42 Å². The van der Waals surface area contributed by atoms with Gasteiger partial charge in [0.05, 0.1) is 6.42 Å². The number of benzene rings is 1. The highest BCUT2D eigenvalue weighted by Crippen LogP contribution is 2.38. The first-order valence-corrected chi connectivity index (χ1v) is 12.4. The van der Waals surface area contributed by atoms with E-state index in [2.05, 4.69) is 50.0 Å². The Kier molecular flexibility index (Phi) is 7.20. The Hall–Kier alpha value is -2.63. The van der Waals surface area contributed by atoms with E-state index in [0.717, 1.165) is 56.8 Å². The highest BCUT2D eigenvalue weighted by molar-refractivity contribution is 5.92. The first-order chi connectivity index (χ1) is 15.9. The molecule has 0 saturated carbocycles. The predicted octanol–water partition coefficient (Wildman–Crippen LogP) is 4.70. The van der Waals surface area contributed by atoms with Gasteiger partial charge in [-0.1, -0.05) is 51.5 Å². The van der Waals surface area contributed by atoms with Crippen LogP contribution in [0.25, 0.3) is 0 Å². The zero-order valence-electron chi connectivity index (χ0n) is 20.3. The third kappa shape index (κ3) is 5.31. The molecule has 6 nitrogen and oxygen atoms in total. The summed E-state index contributed by atoms with van der Waals surface area (Å²) in [6, 6.07) is 8.51. The molecule has 0 spiro atoms. The fourth-order valence-corrected chi connectivity index (χ4v) is 5.43. The second kappa shape index (κ2) is 10.1. The summed E-state index contributed by atoms with van der Waals surface area (Å²) in [5.41, 5.74) is 2.58. The summed E-state index contributed by atoms with van der Waals surface area (Å²) < 4.78 is 5.00. The molecule has 2 aliphatic heterocycles. The summed E-state index contributed by atoms with van der Waals surface area (Å²) in [6.07, 6.45) is 8.69. The van der Waals surface area contributed by atoms with Crippen molar-refractivity contribution in [2.24, 2.45) is 11.8 Å². The van der Waals surface area contributed by atoms with Gasteiger partial charge in [0, 0.05) is 26.2 Å². The molecule has 2 fully saturated rings. The molecule has 1 aromatic heterocycles. The summed E-state index contributed by atoms with van der Waals surface area (Å²) in [6.45, 7) is 10.00. The van der Waals surface area contributed by atoms with Gasteiger partial charge in [-0.05, 0) is 54.1 Å². The molecule has 178 valence electrons. The van der Waals surface area contributed by atoms with Gasteiger partial charge >= 0.3 is 0 Å². The minimum absolute atomic E-state index is 0.0598. The molecule has 2 saturated heterocycles. The smallest absolute Gasteiger partial charge is 0.275 e. The molecule has 4 rings (SSSR count). The molecule has 6 heteroatoms. The lowest BCUT2D eigenvalue weighted by atomic mass is 9.70. The fourth-order valence-electron chi connectivity index (χ4n) is 5.43. The highest BCUT2D eigenvalue weighted by atomic mass is 16.3. The van der Waals surface area contributed by atoms with E-state index in [1.807, 2.05) is 9.80 Å². The lowest BCUT2D eigenvalue weighted by Gasteiger charge is -2.42. The molecule has 0 bridgehead atoms. The molecule has 1 atom stereocenters. The fraction of sp³-hybridized carbons (Fsp3) is 0.593. The third-order valence-electron chi connectivity index (χ3n) is 7.95. The molecule has 1 aromatic carbocycles. The average Bonchev–Trinajstić information content (AvgIpc) is 3.39. The Morgan fingerprint density at radius 1 is 1.12 bits per heavy atom. The number of aromatic nitrogens is 1. The van der Waals surface area contributed by atoms with Crippen molar-refractivity contribution in [3.63, 3.8) is 0 Å². The number of piperidine rings is 2. The van der Waals surface area contributed by atoms with Crippen molar-refractivity contribution in [3.8, 4) is 0 Å². The maximum Gasteiger partial charge on any atom is 0.275 e. The summed E-state index contributed by atoms with van der Waals surface area (Å²) >= 11 is 0. The maximum absolute atomic E-state index is 12.9. The number of oxazole rings is 1. The molecule has 33 heavy (non-hydrogen) atoms. The lowest BCUT2D eigenvalue weighted by molar-refractivity contribution is -0.131. The number of carbonyl (C=O) groups is 2. The van der Waals surface area contributed by atoms with Crippen molar-refractivity contribution in [1.29, 1.82) is 0 Å². The van der Waals surface area contributed by atoms with Gasteiger partial charge in [-0.3, -0.25) is 9.59 Å². The van der Waals surface area contributed by atoms with E-state index in [1.54, 1.807) is 0 Å². The summed E-state index contributed by atoms with van der Waals surface area (Å²) in [7, 11) is 0. The van der Waals surface area contributed by atoms with E-state index in [-0.39, 0.29) is 17.2 Å². The predicted molar refractivity (Wildman–Crippen MR) is 128 cm³/mol. The largest absolute Gasteiger partial charge is 0.451 e. The minimum Gasteiger partial charge on any atom is -0.451 e. The standard InChI is InChI=1S/C27H37N3O3/c1-4-20-10-13-29(14-11-20)25(31)16-21-7-5-8-22(15-21)27(2,3)23-9-6-12-30(17-23)26(32)24-18-33-19-28-24/h5,7-8,15,18-20,23H,4,6,9-14,16-17H2,1-3H3. The first kappa shape index (κ1) is 23.5. The van der Waals surface area contributed by atoms with Crippen LogP contribution in [-0.4, -0.2) is 52.8 Å². The zero-order valence-corrected chi connectivity index (χ0v) is 20.3. The van der Waals surface area contributed by atoms with Crippen molar-refractivity contribution in [2.75, 3.05) is 26.2 Å². The monoisotopic (exact) mass is 451 g/mol. The number of likely N-dealkylation sites (tertiary alicyclic amines) is 2. The van der Waals surface area contributed by atoms with E-state index >= 15 is 0 Å². The van der Waals surface area contributed by atoms with Crippen LogP contribution in [0.5, 0.6) is 0 Å². The average molecular weight is 452 g/mol. The molecule has 1 unspecified atom stereocenters. The number of nitrogens with zero attached hydrogens (tertiary/aromatic N) is 3. The third-order valence-corrected chi connectivity index (χ3v) is 7.95. The Labute approximate surface area is 197 Å². The Bertz CT molecular complexity index is 945. The number of hydrogen-bond donors (Lipinski definition) is 0.